The van der Waals surface area contributed by atoms with Crippen LogP contribution in [0.5, 0.6) is 0 Å². The van der Waals surface area contributed by atoms with E-state index in [9.17, 15) is 9.90 Å². The Balaban J connectivity index is 1.78. The molecule has 0 amide bonds. The van der Waals surface area contributed by atoms with Gasteiger partial charge in [-0.2, -0.15) is 0 Å². The van der Waals surface area contributed by atoms with Crippen LogP contribution in [0.25, 0.3) is 10.8 Å². The molecule has 0 unspecified atom stereocenters. The van der Waals surface area contributed by atoms with Crippen molar-refractivity contribution in [2.75, 3.05) is 18.0 Å². The Morgan fingerprint density at radius 1 is 1.23 bits per heavy atom. The minimum atomic E-state index is -0.710. The fraction of sp³-hybridized carbons (Fsp3) is 0.421. The molecule has 2 aromatic rings. The highest BCUT2D eigenvalue weighted by Gasteiger charge is 2.27. The lowest BCUT2D eigenvalue weighted by molar-refractivity contribution is -0.147. The van der Waals surface area contributed by atoms with E-state index in [1.165, 1.54) is 22.0 Å². The molecule has 0 atom stereocenters. The number of rotatable bonds is 5. The summed E-state index contributed by atoms with van der Waals surface area (Å²) in [5.41, 5.74) is 2.09. The van der Waals surface area contributed by atoms with E-state index in [1.807, 2.05) is 13.8 Å². The molecule has 0 bridgehead atoms. The molecule has 0 spiro atoms. The number of carboxylic acid groups (broad SMARTS) is 1. The largest absolute Gasteiger partial charge is 0.481 e. The lowest BCUT2D eigenvalue weighted by Gasteiger charge is -2.32. The third kappa shape index (κ3) is 2.68. The topological polar surface area (TPSA) is 40.5 Å². The number of aliphatic carboxylic acids is 1. The van der Waals surface area contributed by atoms with Gasteiger partial charge in [-0.25, -0.2) is 0 Å². The fourth-order valence-electron chi connectivity index (χ4n) is 3.30. The van der Waals surface area contributed by atoms with E-state index >= 15 is 0 Å². The molecule has 116 valence electrons. The molecule has 0 saturated carbocycles. The number of carboxylic acids is 1. The first-order valence-electron chi connectivity index (χ1n) is 7.98. The third-order valence-electron chi connectivity index (χ3n) is 4.77. The van der Waals surface area contributed by atoms with Gasteiger partial charge in [0, 0.05) is 24.2 Å². The van der Waals surface area contributed by atoms with Crippen LogP contribution in [0.15, 0.2) is 36.4 Å². The summed E-state index contributed by atoms with van der Waals surface area (Å²) in [6.07, 6.45) is 2.67. The highest BCUT2D eigenvalue weighted by Crippen LogP contribution is 2.34. The Labute approximate surface area is 131 Å². The number of benzene rings is 2. The van der Waals surface area contributed by atoms with Crippen molar-refractivity contribution in [1.29, 1.82) is 0 Å². The maximum absolute atomic E-state index is 11.2. The van der Waals surface area contributed by atoms with Gasteiger partial charge in [0.1, 0.15) is 0 Å². The molecule has 0 aromatic heterocycles. The molecule has 3 nitrogen and oxygen atoms in total. The minimum absolute atomic E-state index is 0.639. The second kappa shape index (κ2) is 5.64. The molecule has 0 radical (unpaired) electrons. The zero-order valence-corrected chi connectivity index (χ0v) is 13.3. The summed E-state index contributed by atoms with van der Waals surface area (Å²) in [5.74, 6) is -0.710. The van der Waals surface area contributed by atoms with Crippen LogP contribution in [0.3, 0.4) is 0 Å². The van der Waals surface area contributed by atoms with E-state index in [4.69, 9.17) is 0 Å². The van der Waals surface area contributed by atoms with Crippen LogP contribution >= 0.6 is 0 Å². The smallest absolute Gasteiger partial charge is 0.309 e. The highest BCUT2D eigenvalue weighted by atomic mass is 16.4. The van der Waals surface area contributed by atoms with Crippen molar-refractivity contribution in [1.82, 2.24) is 0 Å². The Hall–Kier alpha value is -2.03. The maximum atomic E-state index is 11.2. The first-order valence-corrected chi connectivity index (χ1v) is 7.98. The molecule has 1 heterocycles. The van der Waals surface area contributed by atoms with E-state index in [0.717, 1.165) is 25.9 Å². The van der Waals surface area contributed by atoms with Gasteiger partial charge in [-0.3, -0.25) is 4.79 Å². The van der Waals surface area contributed by atoms with Gasteiger partial charge in [0.05, 0.1) is 5.41 Å². The normalized spacial score (nSPS) is 14.4. The number of hydrogen-bond acceptors (Lipinski definition) is 2. The number of carbonyl (C=O) groups is 1. The van der Waals surface area contributed by atoms with Crippen molar-refractivity contribution in [2.45, 2.75) is 33.1 Å². The summed E-state index contributed by atoms with van der Waals surface area (Å²) in [6.45, 7) is 5.55. The van der Waals surface area contributed by atoms with Gasteiger partial charge in [0.15, 0.2) is 0 Å². The van der Waals surface area contributed by atoms with Gasteiger partial charge in [-0.15, -0.1) is 0 Å². The Bertz CT molecular complexity index is 700. The van der Waals surface area contributed by atoms with Gasteiger partial charge < -0.3 is 10.0 Å². The molecular formula is C19H23NO2. The summed E-state index contributed by atoms with van der Waals surface area (Å²) >= 11 is 0. The Morgan fingerprint density at radius 3 is 2.68 bits per heavy atom. The van der Waals surface area contributed by atoms with E-state index in [1.54, 1.807) is 0 Å². The van der Waals surface area contributed by atoms with Crippen LogP contribution in [0.1, 0.15) is 32.3 Å². The quantitative estimate of drug-likeness (QED) is 0.903. The second-order valence-electron chi connectivity index (χ2n) is 6.82. The van der Waals surface area contributed by atoms with Gasteiger partial charge in [0.2, 0.25) is 0 Å². The average Bonchev–Trinajstić information content (AvgIpc) is 2.50. The standard InChI is InChI=1S/C19H23NO2/c1-19(2,18(21)22)11-5-12-20-13-10-15-7-3-6-14-8-4-9-16(20)17(14)15/h3-4,6-9H,5,10-13H2,1-2H3,(H,21,22). The van der Waals surface area contributed by atoms with Gasteiger partial charge in [-0.1, -0.05) is 30.3 Å². The highest BCUT2D eigenvalue weighted by molar-refractivity contribution is 5.98. The molecule has 0 saturated heterocycles. The maximum Gasteiger partial charge on any atom is 0.309 e. The first-order chi connectivity index (χ1) is 10.5. The summed E-state index contributed by atoms with van der Waals surface area (Å²) in [7, 11) is 0. The molecular weight excluding hydrogens is 274 g/mol. The summed E-state index contributed by atoms with van der Waals surface area (Å²) in [5, 5.41) is 11.9. The van der Waals surface area contributed by atoms with Gasteiger partial charge in [-0.05, 0) is 50.1 Å². The zero-order chi connectivity index (χ0) is 15.7. The molecule has 2 aromatic carbocycles. The third-order valence-corrected chi connectivity index (χ3v) is 4.77. The number of nitrogens with zero attached hydrogens (tertiary/aromatic N) is 1. The molecule has 3 rings (SSSR count). The Morgan fingerprint density at radius 2 is 1.95 bits per heavy atom. The lowest BCUT2D eigenvalue weighted by atomic mass is 9.88. The van der Waals surface area contributed by atoms with E-state index in [-0.39, 0.29) is 0 Å². The van der Waals surface area contributed by atoms with Crippen LogP contribution in [0.2, 0.25) is 0 Å². The Kier molecular flexibility index (Phi) is 3.81. The van der Waals surface area contributed by atoms with Crippen molar-refractivity contribution in [3.63, 3.8) is 0 Å². The lowest BCUT2D eigenvalue weighted by Crippen LogP contribution is -2.32. The van der Waals surface area contributed by atoms with Crippen molar-refractivity contribution >= 4 is 22.4 Å². The van der Waals surface area contributed by atoms with Crippen LogP contribution in [0.4, 0.5) is 5.69 Å². The second-order valence-corrected chi connectivity index (χ2v) is 6.82. The van der Waals surface area contributed by atoms with Crippen molar-refractivity contribution in [2.24, 2.45) is 5.41 Å². The predicted molar refractivity (Wildman–Crippen MR) is 90.5 cm³/mol. The van der Waals surface area contributed by atoms with Gasteiger partial charge in [0.25, 0.3) is 0 Å². The van der Waals surface area contributed by atoms with E-state index in [0.29, 0.717) is 6.42 Å². The van der Waals surface area contributed by atoms with Crippen molar-refractivity contribution in [3.05, 3.63) is 42.0 Å². The number of hydrogen-bond donors (Lipinski definition) is 1. The van der Waals surface area contributed by atoms with E-state index < -0.39 is 11.4 Å². The summed E-state index contributed by atoms with van der Waals surface area (Å²) < 4.78 is 0. The predicted octanol–water partition coefficient (Wildman–Crippen LogP) is 4.09. The minimum Gasteiger partial charge on any atom is -0.481 e. The molecule has 22 heavy (non-hydrogen) atoms. The number of anilines is 1. The van der Waals surface area contributed by atoms with Crippen LogP contribution < -0.4 is 4.90 Å². The van der Waals surface area contributed by atoms with Crippen LogP contribution in [-0.2, 0) is 11.2 Å². The molecule has 1 aliphatic rings. The van der Waals surface area contributed by atoms with Gasteiger partial charge >= 0.3 is 5.97 Å². The van der Waals surface area contributed by atoms with Crippen molar-refractivity contribution < 1.29 is 9.90 Å². The molecule has 0 aliphatic carbocycles. The summed E-state index contributed by atoms with van der Waals surface area (Å²) in [4.78, 5) is 13.6. The van der Waals surface area contributed by atoms with Crippen LogP contribution in [0, 0.1) is 5.41 Å². The molecule has 1 N–H and O–H groups in total. The van der Waals surface area contributed by atoms with Crippen molar-refractivity contribution in [3.8, 4) is 0 Å². The zero-order valence-electron chi connectivity index (χ0n) is 13.3. The molecule has 1 aliphatic heterocycles. The molecule has 0 fully saturated rings. The fourth-order valence-corrected chi connectivity index (χ4v) is 3.30. The summed E-state index contributed by atoms with van der Waals surface area (Å²) in [6, 6.07) is 13.0. The monoisotopic (exact) mass is 297 g/mol. The average molecular weight is 297 g/mol. The first kappa shape index (κ1) is 14.9. The SMILES string of the molecule is CC(C)(CCCN1CCc2cccc3cccc1c23)C(=O)O. The van der Waals surface area contributed by atoms with Crippen LogP contribution in [-0.4, -0.2) is 24.2 Å². The molecule has 3 heteroatoms. The van der Waals surface area contributed by atoms with E-state index in [2.05, 4.69) is 41.3 Å².